The standard InChI is InChI=1S/C28H23N.4C2H6/c1-5-14-24(15-6-1)28(25-16-7-2-8-17-25)22-13-23-29(26-18-9-3-10-19-26)27-20-11-4-12-21-27;4*1-2/h1-23H;4*1-2H3. The van der Waals surface area contributed by atoms with Crippen molar-refractivity contribution < 1.29 is 0 Å². The molecule has 0 radical (unpaired) electrons. The van der Waals surface area contributed by atoms with Crippen LogP contribution in [0.25, 0.3) is 5.57 Å². The van der Waals surface area contributed by atoms with Crippen LogP contribution in [0.2, 0.25) is 0 Å². The Morgan fingerprint density at radius 2 is 0.730 bits per heavy atom. The summed E-state index contributed by atoms with van der Waals surface area (Å²) >= 11 is 0. The number of anilines is 2. The Labute approximate surface area is 227 Å². The molecule has 0 aliphatic heterocycles. The molecule has 1 heteroatoms. The lowest BCUT2D eigenvalue weighted by Crippen LogP contribution is -2.07. The quantitative estimate of drug-likeness (QED) is 0.241. The number of benzene rings is 4. The predicted molar refractivity (Wildman–Crippen MR) is 170 cm³/mol. The number of rotatable bonds is 6. The highest BCUT2D eigenvalue weighted by Crippen LogP contribution is 2.27. The smallest absolute Gasteiger partial charge is 0.0455 e. The van der Waals surface area contributed by atoms with E-state index in [0.717, 1.165) is 11.4 Å². The molecule has 37 heavy (non-hydrogen) atoms. The van der Waals surface area contributed by atoms with Crippen LogP contribution >= 0.6 is 0 Å². The molecule has 0 spiro atoms. The first kappa shape index (κ1) is 33.2. The maximum Gasteiger partial charge on any atom is 0.0455 e. The Kier molecular flexibility index (Phi) is 20.3. The minimum Gasteiger partial charge on any atom is -0.317 e. The van der Waals surface area contributed by atoms with Gasteiger partial charge in [0.25, 0.3) is 0 Å². The van der Waals surface area contributed by atoms with Crippen molar-refractivity contribution in [3.63, 3.8) is 0 Å². The highest BCUT2D eigenvalue weighted by Gasteiger charge is 2.06. The summed E-state index contributed by atoms with van der Waals surface area (Å²) in [7, 11) is 0. The Morgan fingerprint density at radius 3 is 1.05 bits per heavy atom. The van der Waals surface area contributed by atoms with Crippen molar-refractivity contribution in [2.45, 2.75) is 55.4 Å². The molecule has 4 aromatic rings. The first-order valence-corrected chi connectivity index (χ1v) is 13.8. The van der Waals surface area contributed by atoms with Gasteiger partial charge >= 0.3 is 0 Å². The molecular formula is C36H47N. The third-order valence-corrected chi connectivity index (χ3v) is 4.74. The summed E-state index contributed by atoms with van der Waals surface area (Å²) in [6.07, 6.45) is 6.43. The van der Waals surface area contributed by atoms with Crippen LogP contribution in [0.5, 0.6) is 0 Å². The summed E-state index contributed by atoms with van der Waals surface area (Å²) in [5, 5.41) is 0. The summed E-state index contributed by atoms with van der Waals surface area (Å²) in [5.41, 5.74) is 5.86. The van der Waals surface area contributed by atoms with Crippen molar-refractivity contribution in [1.82, 2.24) is 0 Å². The van der Waals surface area contributed by atoms with Gasteiger partial charge in [0, 0.05) is 17.6 Å². The van der Waals surface area contributed by atoms with Crippen molar-refractivity contribution in [2.24, 2.45) is 0 Å². The summed E-state index contributed by atoms with van der Waals surface area (Å²) in [4.78, 5) is 2.20. The number of para-hydroxylation sites is 2. The van der Waals surface area contributed by atoms with E-state index in [1.54, 1.807) is 0 Å². The summed E-state index contributed by atoms with van der Waals surface area (Å²) in [6.45, 7) is 16.0. The van der Waals surface area contributed by atoms with Crippen LogP contribution in [0, 0.1) is 0 Å². The van der Waals surface area contributed by atoms with Gasteiger partial charge in [0.15, 0.2) is 0 Å². The second-order valence-electron chi connectivity index (χ2n) is 6.70. The fourth-order valence-electron chi connectivity index (χ4n) is 3.32. The van der Waals surface area contributed by atoms with Gasteiger partial charge in [-0.15, -0.1) is 0 Å². The summed E-state index contributed by atoms with van der Waals surface area (Å²) in [6, 6.07) is 41.8. The van der Waals surface area contributed by atoms with E-state index in [9.17, 15) is 0 Å². The molecule has 0 bridgehead atoms. The SMILES string of the molecule is C(=CN(c1ccccc1)c1ccccc1)C=C(c1ccccc1)c1ccccc1.CC.CC.CC.CC. The number of nitrogens with zero attached hydrogens (tertiary/aromatic N) is 1. The molecule has 0 N–H and O–H groups in total. The van der Waals surface area contributed by atoms with E-state index in [0.29, 0.717) is 0 Å². The normalized spacial score (nSPS) is 8.97. The Hall–Kier alpha value is -3.84. The Morgan fingerprint density at radius 1 is 0.432 bits per heavy atom. The maximum atomic E-state index is 2.20. The zero-order chi connectivity index (χ0) is 27.7. The van der Waals surface area contributed by atoms with Gasteiger partial charge < -0.3 is 4.90 Å². The van der Waals surface area contributed by atoms with Gasteiger partial charge in [-0.05, 0) is 47.0 Å². The van der Waals surface area contributed by atoms with E-state index in [4.69, 9.17) is 0 Å². The summed E-state index contributed by atoms with van der Waals surface area (Å²) in [5.74, 6) is 0. The highest BCUT2D eigenvalue weighted by atomic mass is 15.1. The second-order valence-corrected chi connectivity index (χ2v) is 6.70. The Balaban J connectivity index is 0.00000148. The summed E-state index contributed by atoms with van der Waals surface area (Å²) < 4.78 is 0. The van der Waals surface area contributed by atoms with Gasteiger partial charge in [0.05, 0.1) is 0 Å². The fraction of sp³-hybridized carbons (Fsp3) is 0.222. The van der Waals surface area contributed by atoms with Gasteiger partial charge in [-0.3, -0.25) is 0 Å². The van der Waals surface area contributed by atoms with E-state index < -0.39 is 0 Å². The zero-order valence-electron chi connectivity index (χ0n) is 24.2. The Bertz CT molecular complexity index is 986. The minimum absolute atomic E-state index is 1.13. The molecule has 0 amide bonds. The van der Waals surface area contributed by atoms with Gasteiger partial charge in [-0.2, -0.15) is 0 Å². The van der Waals surface area contributed by atoms with Gasteiger partial charge in [-0.1, -0.05) is 159 Å². The number of hydrogen-bond acceptors (Lipinski definition) is 1. The molecular weight excluding hydrogens is 446 g/mol. The molecule has 0 aromatic heterocycles. The monoisotopic (exact) mass is 493 g/mol. The second kappa shape index (κ2) is 22.6. The van der Waals surface area contributed by atoms with Crippen LogP contribution in [0.4, 0.5) is 11.4 Å². The average molecular weight is 494 g/mol. The van der Waals surface area contributed by atoms with Gasteiger partial charge in [-0.25, -0.2) is 0 Å². The molecule has 0 fully saturated rings. The van der Waals surface area contributed by atoms with Crippen molar-refractivity contribution in [3.8, 4) is 0 Å². The largest absolute Gasteiger partial charge is 0.317 e. The van der Waals surface area contributed by atoms with E-state index in [2.05, 4.69) is 132 Å². The van der Waals surface area contributed by atoms with Crippen LogP contribution in [0.15, 0.2) is 140 Å². The van der Waals surface area contributed by atoms with Crippen molar-refractivity contribution >= 4 is 16.9 Å². The van der Waals surface area contributed by atoms with Crippen LogP contribution in [-0.2, 0) is 0 Å². The topological polar surface area (TPSA) is 3.24 Å². The zero-order valence-corrected chi connectivity index (χ0v) is 24.2. The van der Waals surface area contributed by atoms with Gasteiger partial charge in [0.2, 0.25) is 0 Å². The molecule has 4 aromatic carbocycles. The molecule has 0 saturated heterocycles. The molecule has 0 aliphatic carbocycles. The third-order valence-electron chi connectivity index (χ3n) is 4.74. The van der Waals surface area contributed by atoms with E-state index in [1.165, 1.54) is 16.7 Å². The van der Waals surface area contributed by atoms with Crippen LogP contribution in [0.3, 0.4) is 0 Å². The number of allylic oxidation sites excluding steroid dienone is 2. The maximum absolute atomic E-state index is 2.20. The lowest BCUT2D eigenvalue weighted by molar-refractivity contribution is 1.28. The molecule has 4 rings (SSSR count). The third kappa shape index (κ3) is 11.6. The molecule has 0 heterocycles. The predicted octanol–water partition coefficient (Wildman–Crippen LogP) is 11.6. The molecule has 196 valence electrons. The highest BCUT2D eigenvalue weighted by molar-refractivity contribution is 5.81. The van der Waals surface area contributed by atoms with E-state index >= 15 is 0 Å². The van der Waals surface area contributed by atoms with Crippen LogP contribution < -0.4 is 4.90 Å². The molecule has 0 atom stereocenters. The average Bonchev–Trinajstić information content (AvgIpc) is 3.03. The van der Waals surface area contributed by atoms with Crippen molar-refractivity contribution in [1.29, 1.82) is 0 Å². The molecule has 0 saturated carbocycles. The molecule has 0 aliphatic rings. The first-order chi connectivity index (χ1) is 18.4. The lowest BCUT2D eigenvalue weighted by atomic mass is 9.97. The number of hydrogen-bond donors (Lipinski definition) is 0. The molecule has 0 unspecified atom stereocenters. The van der Waals surface area contributed by atoms with Crippen LogP contribution in [0.1, 0.15) is 66.5 Å². The molecule has 1 nitrogen and oxygen atoms in total. The van der Waals surface area contributed by atoms with Crippen molar-refractivity contribution in [3.05, 3.63) is 151 Å². The first-order valence-electron chi connectivity index (χ1n) is 13.8. The van der Waals surface area contributed by atoms with Crippen molar-refractivity contribution in [2.75, 3.05) is 4.90 Å². The van der Waals surface area contributed by atoms with Crippen LogP contribution in [-0.4, -0.2) is 0 Å². The van der Waals surface area contributed by atoms with E-state index in [-0.39, 0.29) is 0 Å². The minimum atomic E-state index is 1.13. The van der Waals surface area contributed by atoms with E-state index in [1.807, 2.05) is 67.5 Å². The lowest BCUT2D eigenvalue weighted by Gasteiger charge is -2.20. The van der Waals surface area contributed by atoms with Gasteiger partial charge in [0.1, 0.15) is 0 Å². The fourth-order valence-corrected chi connectivity index (χ4v) is 3.32.